The summed E-state index contributed by atoms with van der Waals surface area (Å²) >= 11 is 0. The number of benzene rings is 1. The fourth-order valence-corrected chi connectivity index (χ4v) is 1.08. The molecule has 1 N–H and O–H groups in total. The predicted molar refractivity (Wildman–Crippen MR) is 58.2 cm³/mol. The molecule has 0 spiro atoms. The molecule has 1 rings (SSSR count). The molecule has 0 atom stereocenters. The molecule has 0 heterocycles. The third-order valence-corrected chi connectivity index (χ3v) is 1.91. The standard InChI is InChI=1S/C11H15FN2O/c1-14(2)8-7-11(15)13-10-5-3-9(12)4-6-10/h3-6H,7-8H2,1-2H3,(H,13,15). The van der Waals surface area contributed by atoms with E-state index in [1.165, 1.54) is 12.1 Å². The lowest BCUT2D eigenvalue weighted by molar-refractivity contribution is -0.116. The van der Waals surface area contributed by atoms with Crippen LogP contribution >= 0.6 is 0 Å². The van der Waals surface area contributed by atoms with Gasteiger partial charge in [-0.3, -0.25) is 4.79 Å². The largest absolute Gasteiger partial charge is 0.326 e. The first kappa shape index (κ1) is 11.7. The summed E-state index contributed by atoms with van der Waals surface area (Å²) in [6.07, 6.45) is 0.435. The predicted octanol–water partition coefficient (Wildman–Crippen LogP) is 1.72. The van der Waals surface area contributed by atoms with Gasteiger partial charge < -0.3 is 10.2 Å². The Balaban J connectivity index is 2.41. The molecule has 0 aliphatic rings. The number of nitrogens with one attached hydrogen (secondary N) is 1. The number of hydrogen-bond acceptors (Lipinski definition) is 2. The summed E-state index contributed by atoms with van der Waals surface area (Å²) in [6, 6.07) is 5.73. The van der Waals surface area contributed by atoms with Gasteiger partial charge in [0.25, 0.3) is 0 Å². The molecule has 1 amide bonds. The van der Waals surface area contributed by atoms with Crippen molar-refractivity contribution in [3.8, 4) is 0 Å². The van der Waals surface area contributed by atoms with Crippen molar-refractivity contribution >= 4 is 11.6 Å². The third-order valence-electron chi connectivity index (χ3n) is 1.91. The monoisotopic (exact) mass is 210 g/mol. The number of carbonyl (C=O) groups excluding carboxylic acids is 1. The number of hydrogen-bond donors (Lipinski definition) is 1. The van der Waals surface area contributed by atoms with Crippen LogP contribution in [0.25, 0.3) is 0 Å². The summed E-state index contributed by atoms with van der Waals surface area (Å²) < 4.78 is 12.6. The Bertz CT molecular complexity index is 322. The molecule has 0 unspecified atom stereocenters. The first-order valence-electron chi connectivity index (χ1n) is 4.78. The second-order valence-electron chi connectivity index (χ2n) is 3.61. The number of nitrogens with zero attached hydrogens (tertiary/aromatic N) is 1. The highest BCUT2D eigenvalue weighted by atomic mass is 19.1. The highest BCUT2D eigenvalue weighted by molar-refractivity contribution is 5.90. The molecule has 1 aromatic rings. The molecule has 3 nitrogen and oxygen atoms in total. The van der Waals surface area contributed by atoms with Crippen LogP contribution in [0.4, 0.5) is 10.1 Å². The Hall–Kier alpha value is -1.42. The first-order chi connectivity index (χ1) is 7.08. The van der Waals surface area contributed by atoms with E-state index >= 15 is 0 Å². The molecule has 0 bridgehead atoms. The van der Waals surface area contributed by atoms with Crippen LogP contribution in [-0.2, 0) is 4.79 Å². The lowest BCUT2D eigenvalue weighted by Gasteiger charge is -2.09. The van der Waals surface area contributed by atoms with Crippen molar-refractivity contribution < 1.29 is 9.18 Å². The van der Waals surface area contributed by atoms with Crippen LogP contribution in [0.2, 0.25) is 0 Å². The van der Waals surface area contributed by atoms with E-state index < -0.39 is 0 Å². The quantitative estimate of drug-likeness (QED) is 0.820. The highest BCUT2D eigenvalue weighted by Gasteiger charge is 2.02. The van der Waals surface area contributed by atoms with Crippen LogP contribution in [0.1, 0.15) is 6.42 Å². The molecule has 82 valence electrons. The number of rotatable bonds is 4. The van der Waals surface area contributed by atoms with E-state index in [1.54, 1.807) is 12.1 Å². The van der Waals surface area contributed by atoms with Gasteiger partial charge in [0.15, 0.2) is 0 Å². The Kier molecular flexibility index (Phi) is 4.24. The molecular formula is C11H15FN2O. The van der Waals surface area contributed by atoms with Crippen molar-refractivity contribution in [3.05, 3.63) is 30.1 Å². The normalized spacial score (nSPS) is 10.4. The Labute approximate surface area is 88.9 Å². The lowest BCUT2D eigenvalue weighted by atomic mass is 10.3. The highest BCUT2D eigenvalue weighted by Crippen LogP contribution is 2.08. The van der Waals surface area contributed by atoms with E-state index in [0.29, 0.717) is 18.7 Å². The summed E-state index contributed by atoms with van der Waals surface area (Å²) in [7, 11) is 3.82. The zero-order chi connectivity index (χ0) is 11.3. The van der Waals surface area contributed by atoms with Gasteiger partial charge in [0.1, 0.15) is 5.82 Å². The van der Waals surface area contributed by atoms with Gasteiger partial charge >= 0.3 is 0 Å². The molecule has 0 saturated carbocycles. The molecule has 4 heteroatoms. The van der Waals surface area contributed by atoms with E-state index in [9.17, 15) is 9.18 Å². The van der Waals surface area contributed by atoms with Crippen LogP contribution in [0.5, 0.6) is 0 Å². The van der Waals surface area contributed by atoms with Crippen molar-refractivity contribution in [2.45, 2.75) is 6.42 Å². The zero-order valence-electron chi connectivity index (χ0n) is 8.96. The van der Waals surface area contributed by atoms with Crippen molar-refractivity contribution in [2.24, 2.45) is 0 Å². The van der Waals surface area contributed by atoms with Gasteiger partial charge in [-0.2, -0.15) is 0 Å². The van der Waals surface area contributed by atoms with E-state index in [0.717, 1.165) is 0 Å². The van der Waals surface area contributed by atoms with Gasteiger partial charge in [0.2, 0.25) is 5.91 Å². The van der Waals surface area contributed by atoms with Crippen LogP contribution in [0.15, 0.2) is 24.3 Å². The average Bonchev–Trinajstić information content (AvgIpc) is 2.19. The molecule has 0 aromatic heterocycles. The van der Waals surface area contributed by atoms with Gasteiger partial charge in [-0.15, -0.1) is 0 Å². The van der Waals surface area contributed by atoms with Crippen molar-refractivity contribution in [3.63, 3.8) is 0 Å². The molecule has 0 fully saturated rings. The van der Waals surface area contributed by atoms with Crippen LogP contribution in [0, 0.1) is 5.82 Å². The van der Waals surface area contributed by atoms with Crippen LogP contribution < -0.4 is 5.32 Å². The smallest absolute Gasteiger partial charge is 0.225 e. The maximum absolute atomic E-state index is 12.6. The second-order valence-corrected chi connectivity index (χ2v) is 3.61. The summed E-state index contributed by atoms with van der Waals surface area (Å²) in [5.74, 6) is -0.364. The Morgan fingerprint density at radius 1 is 1.33 bits per heavy atom. The van der Waals surface area contributed by atoms with Gasteiger partial charge in [-0.05, 0) is 38.4 Å². The zero-order valence-corrected chi connectivity index (χ0v) is 8.96. The number of amides is 1. The maximum Gasteiger partial charge on any atom is 0.225 e. The lowest BCUT2D eigenvalue weighted by Crippen LogP contribution is -2.20. The van der Waals surface area contributed by atoms with Gasteiger partial charge in [0, 0.05) is 18.7 Å². The topological polar surface area (TPSA) is 32.3 Å². The summed E-state index contributed by atoms with van der Waals surface area (Å²) in [5, 5.41) is 2.69. The minimum absolute atomic E-state index is 0.0599. The van der Waals surface area contributed by atoms with E-state index in [-0.39, 0.29) is 11.7 Å². The van der Waals surface area contributed by atoms with Crippen LogP contribution in [-0.4, -0.2) is 31.4 Å². The molecule has 0 radical (unpaired) electrons. The molecule has 0 aliphatic carbocycles. The minimum Gasteiger partial charge on any atom is -0.326 e. The van der Waals surface area contributed by atoms with Gasteiger partial charge in [0.05, 0.1) is 0 Å². The third kappa shape index (κ3) is 4.56. The average molecular weight is 210 g/mol. The SMILES string of the molecule is CN(C)CCC(=O)Nc1ccc(F)cc1. The van der Waals surface area contributed by atoms with Gasteiger partial charge in [-0.1, -0.05) is 0 Å². The fraction of sp³-hybridized carbons (Fsp3) is 0.364. The van der Waals surface area contributed by atoms with E-state index in [1.807, 2.05) is 19.0 Å². The van der Waals surface area contributed by atoms with Gasteiger partial charge in [-0.25, -0.2) is 4.39 Å². The van der Waals surface area contributed by atoms with Crippen molar-refractivity contribution in [1.82, 2.24) is 4.90 Å². The van der Waals surface area contributed by atoms with Crippen molar-refractivity contribution in [2.75, 3.05) is 26.0 Å². The summed E-state index contributed by atoms with van der Waals surface area (Å²) in [4.78, 5) is 13.3. The van der Waals surface area contributed by atoms with E-state index in [4.69, 9.17) is 0 Å². The van der Waals surface area contributed by atoms with Crippen LogP contribution in [0.3, 0.4) is 0 Å². The number of halogens is 1. The number of anilines is 1. The molecule has 15 heavy (non-hydrogen) atoms. The fourth-order valence-electron chi connectivity index (χ4n) is 1.08. The van der Waals surface area contributed by atoms with Crippen molar-refractivity contribution in [1.29, 1.82) is 0 Å². The Morgan fingerprint density at radius 2 is 1.93 bits per heavy atom. The molecule has 0 aliphatic heterocycles. The minimum atomic E-state index is -0.304. The van der Waals surface area contributed by atoms with E-state index in [2.05, 4.69) is 5.32 Å². The summed E-state index contributed by atoms with van der Waals surface area (Å²) in [5.41, 5.74) is 0.625. The molecule has 1 aromatic carbocycles. The second kappa shape index (κ2) is 5.46. The molecule has 0 saturated heterocycles. The first-order valence-corrected chi connectivity index (χ1v) is 4.78. The summed E-state index contributed by atoms with van der Waals surface area (Å²) in [6.45, 7) is 0.701. The maximum atomic E-state index is 12.6. The molecular weight excluding hydrogens is 195 g/mol. The Morgan fingerprint density at radius 3 is 2.47 bits per heavy atom. The number of carbonyl (C=O) groups is 1.